The summed E-state index contributed by atoms with van der Waals surface area (Å²) in [7, 11) is -1.12. The molecule has 30 heavy (non-hydrogen) atoms. The van der Waals surface area contributed by atoms with Crippen LogP contribution < -0.4 is 10.6 Å². The Hall–Kier alpha value is -2.94. The summed E-state index contributed by atoms with van der Waals surface area (Å²) >= 11 is 0. The normalized spacial score (nSPS) is 12.6. The number of nitrogens with one attached hydrogen (secondary N) is 2. The second kappa shape index (κ2) is 8.83. The van der Waals surface area contributed by atoms with Gasteiger partial charge in [-0.25, -0.2) is 15.0 Å². The van der Waals surface area contributed by atoms with E-state index in [2.05, 4.69) is 25.6 Å². The van der Waals surface area contributed by atoms with Gasteiger partial charge in [0.2, 0.25) is 0 Å². The Labute approximate surface area is 176 Å². The molecule has 0 saturated carbocycles. The summed E-state index contributed by atoms with van der Waals surface area (Å²) in [6.07, 6.45) is 1.61. The molecule has 158 valence electrons. The molecule has 9 heteroatoms. The fourth-order valence-corrected chi connectivity index (χ4v) is 3.26. The van der Waals surface area contributed by atoms with Gasteiger partial charge in [-0.15, -0.1) is 0 Å². The molecule has 0 amide bonds. The molecule has 3 rings (SSSR count). The predicted molar refractivity (Wildman–Crippen MR) is 116 cm³/mol. The van der Waals surface area contributed by atoms with E-state index in [1.165, 1.54) is 12.1 Å². The second-order valence-corrected chi connectivity index (χ2v) is 8.54. The van der Waals surface area contributed by atoms with Gasteiger partial charge in [0.05, 0.1) is 0 Å². The van der Waals surface area contributed by atoms with E-state index < -0.39 is 16.7 Å². The molecule has 0 fully saturated rings. The number of nitrogens with zero attached hydrogens (tertiary/aromatic N) is 3. The predicted octanol–water partition coefficient (Wildman–Crippen LogP) is 4.95. The SMILES string of the molecule is CC(C)Nc1cc(Nc2cccc(S(C)=O)c2)nc(-c2cccc(C(C)(F)F)n2)n1. The molecule has 0 spiro atoms. The molecule has 2 aromatic heterocycles. The minimum Gasteiger partial charge on any atom is -0.368 e. The highest BCUT2D eigenvalue weighted by molar-refractivity contribution is 7.84. The molecule has 0 saturated heterocycles. The zero-order valence-electron chi connectivity index (χ0n) is 17.1. The van der Waals surface area contributed by atoms with Crippen LogP contribution in [0.3, 0.4) is 0 Å². The van der Waals surface area contributed by atoms with Crippen LogP contribution in [0.15, 0.2) is 53.4 Å². The number of pyridine rings is 1. The largest absolute Gasteiger partial charge is 0.368 e. The van der Waals surface area contributed by atoms with E-state index in [0.717, 1.165) is 6.92 Å². The maximum Gasteiger partial charge on any atom is 0.286 e. The summed E-state index contributed by atoms with van der Waals surface area (Å²) in [5.74, 6) is -1.87. The molecule has 3 aromatic rings. The van der Waals surface area contributed by atoms with E-state index in [1.54, 1.807) is 36.6 Å². The van der Waals surface area contributed by atoms with Crippen molar-refractivity contribution in [3.63, 3.8) is 0 Å². The van der Waals surface area contributed by atoms with Crippen molar-refractivity contribution in [3.05, 3.63) is 54.2 Å². The number of benzene rings is 1. The monoisotopic (exact) mass is 431 g/mol. The standard InChI is InChI=1S/C21H23F2N5OS/c1-13(2)24-18-12-19(25-14-7-5-8-15(11-14)30(4)29)28-20(27-18)16-9-6-10-17(26-16)21(3,22)23/h5-13H,1-4H3,(H2,24,25,27,28). The number of aromatic nitrogens is 3. The summed E-state index contributed by atoms with van der Waals surface area (Å²) < 4.78 is 39.2. The second-order valence-electron chi connectivity index (χ2n) is 7.16. The van der Waals surface area contributed by atoms with Crippen LogP contribution in [-0.2, 0) is 16.7 Å². The first-order valence-electron chi connectivity index (χ1n) is 9.33. The highest BCUT2D eigenvalue weighted by atomic mass is 32.2. The van der Waals surface area contributed by atoms with Gasteiger partial charge in [0, 0.05) is 46.7 Å². The Morgan fingerprint density at radius 3 is 2.37 bits per heavy atom. The van der Waals surface area contributed by atoms with Crippen molar-refractivity contribution in [2.75, 3.05) is 16.9 Å². The molecular formula is C21H23F2N5OS. The third-order valence-corrected chi connectivity index (χ3v) is 4.95. The van der Waals surface area contributed by atoms with Crippen LogP contribution in [0.2, 0.25) is 0 Å². The van der Waals surface area contributed by atoms with Gasteiger partial charge >= 0.3 is 0 Å². The molecule has 2 heterocycles. The molecule has 6 nitrogen and oxygen atoms in total. The molecule has 1 atom stereocenters. The molecule has 1 aromatic carbocycles. The molecule has 0 aliphatic heterocycles. The number of hydrogen-bond donors (Lipinski definition) is 2. The van der Waals surface area contributed by atoms with Crippen LogP contribution in [0.4, 0.5) is 26.1 Å². The van der Waals surface area contributed by atoms with E-state index in [-0.39, 0.29) is 23.3 Å². The summed E-state index contributed by atoms with van der Waals surface area (Å²) in [5.41, 5.74) is 0.594. The van der Waals surface area contributed by atoms with Gasteiger partial charge in [-0.05, 0) is 44.2 Å². The Bertz CT molecular complexity index is 1070. The van der Waals surface area contributed by atoms with Crippen molar-refractivity contribution >= 4 is 28.1 Å². The van der Waals surface area contributed by atoms with Crippen LogP contribution in [-0.4, -0.2) is 31.5 Å². The van der Waals surface area contributed by atoms with Crippen LogP contribution in [0, 0.1) is 0 Å². The zero-order chi connectivity index (χ0) is 21.9. The Kier molecular flexibility index (Phi) is 6.40. The molecule has 0 bridgehead atoms. The Balaban J connectivity index is 2.03. The molecule has 1 unspecified atom stereocenters. The molecular weight excluding hydrogens is 408 g/mol. The van der Waals surface area contributed by atoms with Gasteiger partial charge in [-0.3, -0.25) is 4.21 Å². The molecule has 0 aliphatic carbocycles. The van der Waals surface area contributed by atoms with E-state index in [9.17, 15) is 13.0 Å². The lowest BCUT2D eigenvalue weighted by Crippen LogP contribution is -2.13. The van der Waals surface area contributed by atoms with Gasteiger partial charge < -0.3 is 10.6 Å². The molecule has 0 aliphatic rings. The number of halogens is 2. The average molecular weight is 432 g/mol. The summed E-state index contributed by atoms with van der Waals surface area (Å²) in [6, 6.07) is 13.4. The first-order chi connectivity index (χ1) is 14.1. The Morgan fingerprint density at radius 2 is 1.70 bits per heavy atom. The average Bonchev–Trinajstić information content (AvgIpc) is 2.67. The highest BCUT2D eigenvalue weighted by Gasteiger charge is 2.26. The van der Waals surface area contributed by atoms with Crippen molar-refractivity contribution < 1.29 is 13.0 Å². The number of rotatable bonds is 7. The first kappa shape index (κ1) is 21.8. The van der Waals surface area contributed by atoms with Crippen LogP contribution in [0.1, 0.15) is 26.5 Å². The highest BCUT2D eigenvalue weighted by Crippen LogP contribution is 2.28. The van der Waals surface area contributed by atoms with Gasteiger partial charge in [0.1, 0.15) is 23.0 Å². The lowest BCUT2D eigenvalue weighted by Gasteiger charge is -2.14. The third kappa shape index (κ3) is 5.56. The van der Waals surface area contributed by atoms with E-state index >= 15 is 0 Å². The molecule has 2 N–H and O–H groups in total. The Morgan fingerprint density at radius 1 is 1.00 bits per heavy atom. The van der Waals surface area contributed by atoms with Crippen molar-refractivity contribution in [2.24, 2.45) is 0 Å². The van der Waals surface area contributed by atoms with Crippen LogP contribution in [0.5, 0.6) is 0 Å². The summed E-state index contributed by atoms with van der Waals surface area (Å²) in [4.78, 5) is 13.6. The van der Waals surface area contributed by atoms with Gasteiger partial charge in [0.25, 0.3) is 5.92 Å². The quantitative estimate of drug-likeness (QED) is 0.551. The lowest BCUT2D eigenvalue weighted by molar-refractivity contribution is 0.0129. The van der Waals surface area contributed by atoms with Crippen LogP contribution in [0.25, 0.3) is 11.5 Å². The van der Waals surface area contributed by atoms with E-state index in [4.69, 9.17) is 0 Å². The van der Waals surface area contributed by atoms with Gasteiger partial charge in [0.15, 0.2) is 5.82 Å². The van der Waals surface area contributed by atoms with E-state index in [1.807, 2.05) is 19.9 Å². The minimum absolute atomic E-state index is 0.103. The first-order valence-corrected chi connectivity index (χ1v) is 10.9. The van der Waals surface area contributed by atoms with Crippen LogP contribution >= 0.6 is 0 Å². The minimum atomic E-state index is -3.07. The summed E-state index contributed by atoms with van der Waals surface area (Å²) in [6.45, 7) is 4.73. The maximum atomic E-state index is 13.7. The van der Waals surface area contributed by atoms with Crippen molar-refractivity contribution in [1.29, 1.82) is 0 Å². The van der Waals surface area contributed by atoms with Crippen molar-refractivity contribution in [1.82, 2.24) is 15.0 Å². The fraction of sp³-hybridized carbons (Fsp3) is 0.286. The van der Waals surface area contributed by atoms with Gasteiger partial charge in [-0.1, -0.05) is 12.1 Å². The summed E-state index contributed by atoms with van der Waals surface area (Å²) in [5, 5.41) is 6.37. The number of alkyl halides is 2. The van der Waals surface area contributed by atoms with Gasteiger partial charge in [-0.2, -0.15) is 8.78 Å². The maximum absolute atomic E-state index is 13.7. The number of hydrogen-bond acceptors (Lipinski definition) is 6. The molecule has 0 radical (unpaired) electrons. The fourth-order valence-electron chi connectivity index (χ4n) is 2.70. The lowest BCUT2D eigenvalue weighted by atomic mass is 10.2. The smallest absolute Gasteiger partial charge is 0.286 e. The van der Waals surface area contributed by atoms with E-state index in [0.29, 0.717) is 22.2 Å². The topological polar surface area (TPSA) is 79.8 Å². The van der Waals surface area contributed by atoms with Crippen molar-refractivity contribution in [3.8, 4) is 11.5 Å². The van der Waals surface area contributed by atoms with Crippen molar-refractivity contribution in [2.45, 2.75) is 37.6 Å². The zero-order valence-corrected chi connectivity index (χ0v) is 17.9. The third-order valence-electron chi connectivity index (χ3n) is 4.03. The number of anilines is 3.